The molecule has 0 radical (unpaired) electrons. The molecule has 0 saturated heterocycles. The fraction of sp³-hybridized carbons (Fsp3) is 0.312. The number of hydrogen-bond donors (Lipinski definition) is 0. The third-order valence-electron chi connectivity index (χ3n) is 3.28. The van der Waals surface area contributed by atoms with Crippen LogP contribution >= 0.6 is 0 Å². The summed E-state index contributed by atoms with van der Waals surface area (Å²) in [5, 5.41) is 0. The average Bonchev–Trinajstić information content (AvgIpc) is 2.58. The van der Waals surface area contributed by atoms with E-state index in [0.717, 1.165) is 7.11 Å². The summed E-state index contributed by atoms with van der Waals surface area (Å²) < 4.78 is 19.9. The fourth-order valence-electron chi connectivity index (χ4n) is 2.29. The largest absolute Gasteiger partial charge is 0.468 e. The number of fused-ring (bicyclic) bond motifs is 1. The molecule has 0 saturated carbocycles. The minimum atomic E-state index is -1.13. The standard InChI is InChI=1S/C16H16O7/c1-4-22-16(19)13-12(15(18)21-3)11(14(17)20-2)9-7-5-6-8-10(9)23-13/h5-8,11H,4H2,1-3H3. The smallest absolute Gasteiger partial charge is 0.374 e. The zero-order valence-electron chi connectivity index (χ0n) is 13.0. The number of carbonyl (C=O) groups is 3. The van der Waals surface area contributed by atoms with Gasteiger partial charge in [-0.05, 0) is 13.0 Å². The monoisotopic (exact) mass is 320 g/mol. The van der Waals surface area contributed by atoms with Crippen LogP contribution in [0.4, 0.5) is 0 Å². The molecular weight excluding hydrogens is 304 g/mol. The van der Waals surface area contributed by atoms with Crippen molar-refractivity contribution in [2.45, 2.75) is 12.8 Å². The molecule has 1 aromatic carbocycles. The average molecular weight is 320 g/mol. The molecule has 7 nitrogen and oxygen atoms in total. The SMILES string of the molecule is CCOC(=O)C1=C(C(=O)OC)C(C(=O)OC)c2ccccc2O1. The molecule has 7 heteroatoms. The number of ether oxygens (including phenoxy) is 4. The first-order chi connectivity index (χ1) is 11.0. The van der Waals surface area contributed by atoms with Crippen LogP contribution in [0.2, 0.25) is 0 Å². The fourth-order valence-corrected chi connectivity index (χ4v) is 2.29. The Bertz CT molecular complexity index is 675. The summed E-state index contributed by atoms with van der Waals surface area (Å²) >= 11 is 0. The van der Waals surface area contributed by atoms with E-state index in [1.54, 1.807) is 31.2 Å². The van der Waals surface area contributed by atoms with E-state index in [2.05, 4.69) is 0 Å². The molecule has 0 spiro atoms. The van der Waals surface area contributed by atoms with Crippen molar-refractivity contribution in [3.63, 3.8) is 0 Å². The molecule has 1 atom stereocenters. The van der Waals surface area contributed by atoms with Crippen molar-refractivity contribution in [2.75, 3.05) is 20.8 Å². The second kappa shape index (κ2) is 6.95. The van der Waals surface area contributed by atoms with E-state index in [0.29, 0.717) is 5.56 Å². The van der Waals surface area contributed by atoms with E-state index in [4.69, 9.17) is 18.9 Å². The number of para-hydroxylation sites is 1. The predicted molar refractivity (Wildman–Crippen MR) is 77.5 cm³/mol. The number of hydrogen-bond acceptors (Lipinski definition) is 7. The van der Waals surface area contributed by atoms with Gasteiger partial charge >= 0.3 is 17.9 Å². The second-order valence-electron chi connectivity index (χ2n) is 4.55. The Morgan fingerprint density at radius 1 is 1.09 bits per heavy atom. The van der Waals surface area contributed by atoms with Gasteiger partial charge in [0.25, 0.3) is 0 Å². The van der Waals surface area contributed by atoms with Gasteiger partial charge in [-0.25, -0.2) is 9.59 Å². The van der Waals surface area contributed by atoms with E-state index < -0.39 is 23.8 Å². The molecule has 2 rings (SSSR count). The van der Waals surface area contributed by atoms with Gasteiger partial charge in [-0.1, -0.05) is 18.2 Å². The highest BCUT2D eigenvalue weighted by atomic mass is 16.6. The normalized spacial score (nSPS) is 16.0. The first-order valence-corrected chi connectivity index (χ1v) is 6.89. The molecular formula is C16H16O7. The Labute approximate surface area is 132 Å². The van der Waals surface area contributed by atoms with Gasteiger partial charge in [0.2, 0.25) is 5.76 Å². The molecule has 23 heavy (non-hydrogen) atoms. The molecule has 1 aliphatic rings. The molecule has 0 amide bonds. The lowest BCUT2D eigenvalue weighted by atomic mass is 9.87. The summed E-state index contributed by atoms with van der Waals surface area (Å²) in [5.74, 6) is -3.64. The van der Waals surface area contributed by atoms with Gasteiger partial charge in [-0.2, -0.15) is 0 Å². The van der Waals surface area contributed by atoms with Crippen molar-refractivity contribution in [3.05, 3.63) is 41.2 Å². The third kappa shape index (κ3) is 3.03. The maximum Gasteiger partial charge on any atom is 0.374 e. The van der Waals surface area contributed by atoms with E-state index >= 15 is 0 Å². The van der Waals surface area contributed by atoms with Crippen LogP contribution in [0.15, 0.2) is 35.6 Å². The highest BCUT2D eigenvalue weighted by molar-refractivity contribution is 6.06. The summed E-state index contributed by atoms with van der Waals surface area (Å²) in [4.78, 5) is 36.5. The maximum atomic E-state index is 12.2. The van der Waals surface area contributed by atoms with Crippen LogP contribution in [-0.2, 0) is 28.6 Å². The summed E-state index contributed by atoms with van der Waals surface area (Å²) in [7, 11) is 2.34. The van der Waals surface area contributed by atoms with Gasteiger partial charge in [-0.15, -0.1) is 0 Å². The number of carbonyl (C=O) groups excluding carboxylic acids is 3. The number of esters is 3. The lowest BCUT2D eigenvalue weighted by Gasteiger charge is -2.26. The van der Waals surface area contributed by atoms with E-state index in [-0.39, 0.29) is 23.7 Å². The highest BCUT2D eigenvalue weighted by Gasteiger charge is 2.42. The van der Waals surface area contributed by atoms with Gasteiger partial charge in [-0.3, -0.25) is 4.79 Å². The van der Waals surface area contributed by atoms with Gasteiger partial charge < -0.3 is 18.9 Å². The number of methoxy groups -OCH3 is 2. The Morgan fingerprint density at radius 2 is 1.78 bits per heavy atom. The Morgan fingerprint density at radius 3 is 2.39 bits per heavy atom. The maximum absolute atomic E-state index is 12.2. The molecule has 1 aromatic rings. The first kappa shape index (κ1) is 16.5. The van der Waals surface area contributed by atoms with Crippen molar-refractivity contribution >= 4 is 17.9 Å². The van der Waals surface area contributed by atoms with Crippen molar-refractivity contribution in [1.29, 1.82) is 0 Å². The highest BCUT2D eigenvalue weighted by Crippen LogP contribution is 2.40. The van der Waals surface area contributed by atoms with Gasteiger partial charge in [0.1, 0.15) is 17.2 Å². The van der Waals surface area contributed by atoms with Crippen molar-refractivity contribution in [3.8, 4) is 5.75 Å². The molecule has 0 fully saturated rings. The number of rotatable bonds is 4. The van der Waals surface area contributed by atoms with Crippen LogP contribution in [-0.4, -0.2) is 38.7 Å². The summed E-state index contributed by atoms with van der Waals surface area (Å²) in [5.41, 5.74) is 0.171. The topological polar surface area (TPSA) is 88.1 Å². The first-order valence-electron chi connectivity index (χ1n) is 6.89. The molecule has 0 aliphatic carbocycles. The van der Waals surface area contributed by atoms with E-state index in [9.17, 15) is 14.4 Å². The minimum absolute atomic E-state index is 0.0880. The third-order valence-corrected chi connectivity index (χ3v) is 3.28. The zero-order chi connectivity index (χ0) is 17.0. The molecule has 0 N–H and O–H groups in total. The van der Waals surface area contributed by atoms with Crippen LogP contribution in [0.3, 0.4) is 0 Å². The van der Waals surface area contributed by atoms with Crippen molar-refractivity contribution in [2.24, 2.45) is 0 Å². The number of benzene rings is 1. The molecule has 0 bridgehead atoms. The van der Waals surface area contributed by atoms with Crippen molar-refractivity contribution in [1.82, 2.24) is 0 Å². The van der Waals surface area contributed by atoms with Gasteiger partial charge in [0.15, 0.2) is 0 Å². The molecule has 1 unspecified atom stereocenters. The van der Waals surface area contributed by atoms with E-state index in [1.807, 2.05) is 0 Å². The Kier molecular flexibility index (Phi) is 5.00. The Balaban J connectivity index is 2.67. The molecule has 122 valence electrons. The minimum Gasteiger partial charge on any atom is -0.468 e. The van der Waals surface area contributed by atoms with Gasteiger partial charge in [0, 0.05) is 5.56 Å². The van der Waals surface area contributed by atoms with Crippen LogP contribution < -0.4 is 4.74 Å². The van der Waals surface area contributed by atoms with Crippen molar-refractivity contribution < 1.29 is 33.3 Å². The van der Waals surface area contributed by atoms with E-state index in [1.165, 1.54) is 7.11 Å². The summed E-state index contributed by atoms with van der Waals surface area (Å²) in [6.45, 7) is 1.70. The summed E-state index contributed by atoms with van der Waals surface area (Å²) in [6, 6.07) is 6.56. The quantitative estimate of drug-likeness (QED) is 0.610. The lowest BCUT2D eigenvalue weighted by Crippen LogP contribution is -2.31. The molecule has 1 aliphatic heterocycles. The second-order valence-corrected chi connectivity index (χ2v) is 4.55. The van der Waals surface area contributed by atoms with Crippen LogP contribution in [0.25, 0.3) is 0 Å². The molecule has 1 heterocycles. The predicted octanol–water partition coefficient (Wildman–Crippen LogP) is 1.33. The zero-order valence-corrected chi connectivity index (χ0v) is 13.0. The van der Waals surface area contributed by atoms with Crippen LogP contribution in [0, 0.1) is 0 Å². The lowest BCUT2D eigenvalue weighted by molar-refractivity contribution is -0.146. The Hall–Kier alpha value is -2.83. The summed E-state index contributed by atoms with van der Waals surface area (Å²) in [6.07, 6.45) is 0. The molecule has 0 aromatic heterocycles. The van der Waals surface area contributed by atoms with Crippen LogP contribution in [0.1, 0.15) is 18.4 Å². The van der Waals surface area contributed by atoms with Gasteiger partial charge in [0.05, 0.1) is 20.8 Å². The van der Waals surface area contributed by atoms with Crippen LogP contribution in [0.5, 0.6) is 5.75 Å².